The normalized spacial score (nSPS) is 19.2. The summed E-state index contributed by atoms with van der Waals surface area (Å²) in [7, 11) is 1.63. The number of ether oxygens (including phenoxy) is 2. The van der Waals surface area contributed by atoms with Crippen molar-refractivity contribution in [1.82, 2.24) is 4.90 Å². The Morgan fingerprint density at radius 3 is 2.95 bits per heavy atom. The predicted octanol–water partition coefficient (Wildman–Crippen LogP) is 2.40. The number of piperidine rings is 1. The van der Waals surface area contributed by atoms with Crippen LogP contribution < -0.4 is 9.47 Å². The zero-order chi connectivity index (χ0) is 15.1. The number of likely N-dealkylation sites (tertiary alicyclic amines) is 1. The van der Waals surface area contributed by atoms with E-state index in [4.69, 9.17) is 9.47 Å². The van der Waals surface area contributed by atoms with Crippen LogP contribution in [0, 0.1) is 0 Å². The molecule has 0 saturated carbocycles. The molecule has 1 aliphatic heterocycles. The van der Waals surface area contributed by atoms with Gasteiger partial charge >= 0.3 is 5.97 Å². The lowest BCUT2D eigenvalue weighted by molar-refractivity contribution is -0.144. The summed E-state index contributed by atoms with van der Waals surface area (Å²) in [6.45, 7) is 2.22. The molecule has 1 saturated heterocycles. The number of hydrogen-bond acceptors (Lipinski definition) is 4. The van der Waals surface area contributed by atoms with Crippen molar-refractivity contribution in [2.24, 2.45) is 0 Å². The number of aliphatic carboxylic acids is 1. The van der Waals surface area contributed by atoms with Crippen molar-refractivity contribution >= 4 is 5.97 Å². The second-order valence-electron chi connectivity index (χ2n) is 5.27. The highest BCUT2D eigenvalue weighted by Crippen LogP contribution is 2.20. The van der Waals surface area contributed by atoms with Crippen LogP contribution in [0.15, 0.2) is 24.3 Å². The predicted molar refractivity (Wildman–Crippen MR) is 80.0 cm³/mol. The summed E-state index contributed by atoms with van der Waals surface area (Å²) in [5, 5.41) is 9.21. The van der Waals surface area contributed by atoms with Gasteiger partial charge in [0.05, 0.1) is 13.7 Å². The van der Waals surface area contributed by atoms with Gasteiger partial charge in [0, 0.05) is 12.6 Å². The summed E-state index contributed by atoms with van der Waals surface area (Å²) in [5.74, 6) is 0.848. The maximum atomic E-state index is 11.2. The number of hydrogen-bond donors (Lipinski definition) is 1. The van der Waals surface area contributed by atoms with Crippen molar-refractivity contribution in [2.45, 2.75) is 31.7 Å². The molecule has 116 valence electrons. The lowest BCUT2D eigenvalue weighted by atomic mass is 10.0. The van der Waals surface area contributed by atoms with E-state index in [1.165, 1.54) is 0 Å². The van der Waals surface area contributed by atoms with Gasteiger partial charge in [-0.1, -0.05) is 12.5 Å². The van der Waals surface area contributed by atoms with Gasteiger partial charge in [-0.05, 0) is 37.9 Å². The third kappa shape index (κ3) is 4.63. The SMILES string of the molecule is COc1cccc(OCCCN2CCCCC2C(=O)O)c1. The van der Waals surface area contributed by atoms with Crippen molar-refractivity contribution in [3.05, 3.63) is 24.3 Å². The van der Waals surface area contributed by atoms with Crippen LogP contribution >= 0.6 is 0 Å². The summed E-state index contributed by atoms with van der Waals surface area (Å²) in [6, 6.07) is 7.18. The molecule has 2 rings (SSSR count). The zero-order valence-electron chi connectivity index (χ0n) is 12.5. The number of nitrogens with zero attached hydrogens (tertiary/aromatic N) is 1. The minimum Gasteiger partial charge on any atom is -0.497 e. The van der Waals surface area contributed by atoms with Crippen molar-refractivity contribution in [2.75, 3.05) is 26.8 Å². The van der Waals surface area contributed by atoms with Crippen LogP contribution in [-0.4, -0.2) is 48.8 Å². The number of methoxy groups -OCH3 is 1. The van der Waals surface area contributed by atoms with Crippen LogP contribution in [0.3, 0.4) is 0 Å². The van der Waals surface area contributed by atoms with Crippen molar-refractivity contribution in [3.8, 4) is 11.5 Å². The Labute approximate surface area is 125 Å². The van der Waals surface area contributed by atoms with Crippen LogP contribution in [-0.2, 0) is 4.79 Å². The first-order valence-electron chi connectivity index (χ1n) is 7.44. The monoisotopic (exact) mass is 293 g/mol. The fourth-order valence-electron chi connectivity index (χ4n) is 2.69. The second-order valence-corrected chi connectivity index (χ2v) is 5.27. The van der Waals surface area contributed by atoms with Gasteiger partial charge in [-0.3, -0.25) is 9.69 Å². The molecule has 1 N–H and O–H groups in total. The van der Waals surface area contributed by atoms with E-state index in [9.17, 15) is 9.90 Å². The Bertz CT molecular complexity index is 463. The van der Waals surface area contributed by atoms with E-state index in [-0.39, 0.29) is 6.04 Å². The van der Waals surface area contributed by atoms with Gasteiger partial charge < -0.3 is 14.6 Å². The standard InChI is InChI=1S/C16H23NO4/c1-20-13-6-4-7-14(12-13)21-11-5-10-17-9-3-2-8-15(17)16(18)19/h4,6-7,12,15H,2-3,5,8-11H2,1H3,(H,18,19). The van der Waals surface area contributed by atoms with Crippen molar-refractivity contribution < 1.29 is 19.4 Å². The molecule has 0 radical (unpaired) electrons. The van der Waals surface area contributed by atoms with Crippen molar-refractivity contribution in [3.63, 3.8) is 0 Å². The van der Waals surface area contributed by atoms with Gasteiger partial charge in [0.25, 0.3) is 0 Å². The summed E-state index contributed by atoms with van der Waals surface area (Å²) in [6.07, 6.45) is 3.67. The Hall–Kier alpha value is -1.75. The van der Waals surface area contributed by atoms with E-state index in [1.807, 2.05) is 24.3 Å². The molecule has 1 aliphatic rings. The first kappa shape index (κ1) is 15.6. The highest BCUT2D eigenvalue weighted by Gasteiger charge is 2.27. The maximum Gasteiger partial charge on any atom is 0.320 e. The first-order valence-corrected chi connectivity index (χ1v) is 7.44. The van der Waals surface area contributed by atoms with Gasteiger partial charge in [-0.2, -0.15) is 0 Å². The summed E-state index contributed by atoms with van der Waals surface area (Å²) in [4.78, 5) is 13.3. The smallest absolute Gasteiger partial charge is 0.320 e. The fourth-order valence-corrected chi connectivity index (χ4v) is 2.69. The highest BCUT2D eigenvalue weighted by atomic mass is 16.5. The molecule has 5 nitrogen and oxygen atoms in total. The molecule has 1 atom stereocenters. The molecule has 0 aliphatic carbocycles. The number of benzene rings is 1. The molecule has 1 aromatic rings. The Morgan fingerprint density at radius 1 is 1.38 bits per heavy atom. The Balaban J connectivity index is 1.74. The summed E-state index contributed by atoms with van der Waals surface area (Å²) >= 11 is 0. The highest BCUT2D eigenvalue weighted by molar-refractivity contribution is 5.73. The van der Waals surface area contributed by atoms with Crippen molar-refractivity contribution in [1.29, 1.82) is 0 Å². The first-order chi connectivity index (χ1) is 10.2. The van der Waals surface area contributed by atoms with Gasteiger partial charge in [0.15, 0.2) is 0 Å². The summed E-state index contributed by atoms with van der Waals surface area (Å²) < 4.78 is 10.8. The lowest BCUT2D eigenvalue weighted by Gasteiger charge is -2.32. The molecule has 0 spiro atoms. The molecule has 0 amide bonds. The third-order valence-electron chi connectivity index (χ3n) is 3.80. The lowest BCUT2D eigenvalue weighted by Crippen LogP contribution is -2.45. The molecule has 5 heteroatoms. The molecular weight excluding hydrogens is 270 g/mol. The van der Waals surface area contributed by atoms with E-state index in [2.05, 4.69) is 4.90 Å². The zero-order valence-corrected chi connectivity index (χ0v) is 12.5. The van der Waals surface area contributed by atoms with Crippen LogP contribution in [0.5, 0.6) is 11.5 Å². The largest absolute Gasteiger partial charge is 0.497 e. The van der Waals surface area contributed by atoms with Crippen LogP contribution in [0.2, 0.25) is 0 Å². The van der Waals surface area contributed by atoms with E-state index in [1.54, 1.807) is 7.11 Å². The molecule has 1 fully saturated rings. The van der Waals surface area contributed by atoms with Crippen LogP contribution in [0.1, 0.15) is 25.7 Å². The van der Waals surface area contributed by atoms with E-state index >= 15 is 0 Å². The van der Waals surface area contributed by atoms with Gasteiger partial charge in [-0.25, -0.2) is 0 Å². The molecule has 0 aromatic heterocycles. The number of carboxylic acid groups (broad SMARTS) is 1. The average Bonchev–Trinajstić information content (AvgIpc) is 2.52. The fraction of sp³-hybridized carbons (Fsp3) is 0.562. The Kier molecular flexibility index (Phi) is 5.87. The van der Waals surface area contributed by atoms with Crippen LogP contribution in [0.25, 0.3) is 0 Å². The maximum absolute atomic E-state index is 11.2. The molecule has 1 unspecified atom stereocenters. The molecular formula is C16H23NO4. The minimum atomic E-state index is -0.705. The Morgan fingerprint density at radius 2 is 2.19 bits per heavy atom. The molecule has 1 heterocycles. The summed E-state index contributed by atoms with van der Waals surface area (Å²) in [5.41, 5.74) is 0. The van der Waals surface area contributed by atoms with E-state index in [0.29, 0.717) is 6.61 Å². The molecule has 21 heavy (non-hydrogen) atoms. The topological polar surface area (TPSA) is 59.0 Å². The quantitative estimate of drug-likeness (QED) is 0.782. The van der Waals surface area contributed by atoms with Gasteiger partial charge in [0.1, 0.15) is 17.5 Å². The number of rotatable bonds is 7. The number of carboxylic acids is 1. The minimum absolute atomic E-state index is 0.324. The molecule has 0 bridgehead atoms. The van der Waals surface area contributed by atoms with Gasteiger partial charge in [0.2, 0.25) is 0 Å². The average molecular weight is 293 g/mol. The van der Waals surface area contributed by atoms with E-state index < -0.39 is 5.97 Å². The van der Waals surface area contributed by atoms with Crippen LogP contribution in [0.4, 0.5) is 0 Å². The number of carbonyl (C=O) groups is 1. The second kappa shape index (κ2) is 7.88. The van der Waals surface area contributed by atoms with Gasteiger partial charge in [-0.15, -0.1) is 0 Å². The van der Waals surface area contributed by atoms with E-state index in [0.717, 1.165) is 50.3 Å². The molecule has 1 aromatic carbocycles. The third-order valence-corrected chi connectivity index (χ3v) is 3.80.